The van der Waals surface area contributed by atoms with Gasteiger partial charge in [-0.15, -0.1) is 0 Å². The summed E-state index contributed by atoms with van der Waals surface area (Å²) >= 11 is 12.4. The fourth-order valence-corrected chi connectivity index (χ4v) is 3.60. The van der Waals surface area contributed by atoms with Crippen molar-refractivity contribution in [2.24, 2.45) is 0 Å². The molecule has 4 nitrogen and oxygen atoms in total. The molecule has 0 amide bonds. The Kier molecular flexibility index (Phi) is 4.31. The minimum Gasteiger partial charge on any atom is -0.465 e. The highest BCUT2D eigenvalue weighted by Gasteiger charge is 2.16. The quantitative estimate of drug-likeness (QED) is 0.448. The van der Waals surface area contributed by atoms with Crippen LogP contribution in [0.2, 0.25) is 10.0 Å². The first-order valence-electron chi connectivity index (χ1n) is 7.97. The Morgan fingerprint density at radius 2 is 1.92 bits per heavy atom. The van der Waals surface area contributed by atoms with Crippen LogP contribution in [0.15, 0.2) is 54.7 Å². The number of carbonyl (C=O) groups excluding carboxylic acids is 1. The molecule has 0 saturated carbocycles. The summed E-state index contributed by atoms with van der Waals surface area (Å²) in [5.74, 6) is -0.406. The van der Waals surface area contributed by atoms with E-state index >= 15 is 0 Å². The van der Waals surface area contributed by atoms with Crippen LogP contribution in [-0.4, -0.2) is 22.6 Å². The number of nitrogens with zero attached hydrogens (tertiary/aromatic N) is 2. The van der Waals surface area contributed by atoms with Crippen LogP contribution in [0.3, 0.4) is 0 Å². The van der Waals surface area contributed by atoms with Crippen LogP contribution in [0.25, 0.3) is 21.9 Å². The van der Waals surface area contributed by atoms with Gasteiger partial charge in [0.2, 0.25) is 0 Å². The number of benzene rings is 2. The molecule has 0 fully saturated rings. The molecule has 130 valence electrons. The molecule has 0 aliphatic carbocycles. The first-order chi connectivity index (χ1) is 12.6. The summed E-state index contributed by atoms with van der Waals surface area (Å²) in [6.07, 6.45) is 1.53. The van der Waals surface area contributed by atoms with E-state index < -0.39 is 5.97 Å². The third-order valence-electron chi connectivity index (χ3n) is 4.37. The van der Waals surface area contributed by atoms with Gasteiger partial charge in [0.15, 0.2) is 0 Å². The van der Waals surface area contributed by atoms with Gasteiger partial charge in [0.1, 0.15) is 5.65 Å². The van der Waals surface area contributed by atoms with Gasteiger partial charge in [0, 0.05) is 27.0 Å². The second kappa shape index (κ2) is 6.63. The van der Waals surface area contributed by atoms with E-state index in [0.29, 0.717) is 22.2 Å². The summed E-state index contributed by atoms with van der Waals surface area (Å²) in [6.45, 7) is 0.546. The summed E-state index contributed by atoms with van der Waals surface area (Å²) in [7, 11) is 1.36. The van der Waals surface area contributed by atoms with E-state index in [-0.39, 0.29) is 0 Å². The average molecular weight is 385 g/mol. The van der Waals surface area contributed by atoms with Crippen LogP contribution in [0.1, 0.15) is 15.9 Å². The van der Waals surface area contributed by atoms with Gasteiger partial charge < -0.3 is 9.30 Å². The van der Waals surface area contributed by atoms with E-state index in [1.54, 1.807) is 6.07 Å². The Morgan fingerprint density at radius 3 is 2.69 bits per heavy atom. The van der Waals surface area contributed by atoms with Gasteiger partial charge in [-0.25, -0.2) is 9.78 Å². The Balaban J connectivity index is 1.94. The molecule has 0 bridgehead atoms. The normalized spacial score (nSPS) is 11.2. The molecule has 2 heterocycles. The lowest BCUT2D eigenvalue weighted by Gasteiger charge is -2.09. The van der Waals surface area contributed by atoms with Gasteiger partial charge in [0.25, 0.3) is 0 Å². The molecular weight excluding hydrogens is 371 g/mol. The highest BCUT2D eigenvalue weighted by Crippen LogP contribution is 2.30. The highest BCUT2D eigenvalue weighted by molar-refractivity contribution is 6.35. The lowest BCUT2D eigenvalue weighted by molar-refractivity contribution is 0.0600. The lowest BCUT2D eigenvalue weighted by atomic mass is 10.1. The number of methoxy groups -OCH3 is 1. The van der Waals surface area contributed by atoms with Gasteiger partial charge in [-0.2, -0.15) is 0 Å². The lowest BCUT2D eigenvalue weighted by Crippen LogP contribution is -2.04. The van der Waals surface area contributed by atoms with Crippen LogP contribution in [0.5, 0.6) is 0 Å². The number of esters is 1. The number of aromatic nitrogens is 2. The van der Waals surface area contributed by atoms with E-state index in [9.17, 15) is 4.79 Å². The van der Waals surface area contributed by atoms with Crippen molar-refractivity contribution in [1.82, 2.24) is 9.55 Å². The standard InChI is InChI=1S/C20H14Cl2N2O2/c1-26-20(25)13-8-16-15-4-2-3-5-18(15)24(19(16)23-10-13)11-12-6-7-14(21)9-17(12)22/h2-10H,11H2,1H3. The number of para-hydroxylation sites is 1. The van der Waals surface area contributed by atoms with Crippen molar-refractivity contribution >= 4 is 51.1 Å². The van der Waals surface area contributed by atoms with Gasteiger partial charge in [-0.1, -0.05) is 47.5 Å². The first-order valence-corrected chi connectivity index (χ1v) is 8.73. The van der Waals surface area contributed by atoms with E-state index in [1.165, 1.54) is 13.3 Å². The smallest absolute Gasteiger partial charge is 0.339 e. The maximum Gasteiger partial charge on any atom is 0.339 e. The molecule has 26 heavy (non-hydrogen) atoms. The van der Waals surface area contributed by atoms with Crippen LogP contribution in [-0.2, 0) is 11.3 Å². The predicted molar refractivity (Wildman–Crippen MR) is 104 cm³/mol. The minimum absolute atomic E-state index is 0.406. The van der Waals surface area contributed by atoms with Crippen LogP contribution in [0.4, 0.5) is 0 Å². The van der Waals surface area contributed by atoms with Crippen LogP contribution >= 0.6 is 23.2 Å². The molecule has 0 atom stereocenters. The maximum absolute atomic E-state index is 11.9. The number of pyridine rings is 1. The van der Waals surface area contributed by atoms with E-state index in [2.05, 4.69) is 9.55 Å². The summed E-state index contributed by atoms with van der Waals surface area (Å²) in [4.78, 5) is 16.4. The second-order valence-electron chi connectivity index (χ2n) is 5.93. The van der Waals surface area contributed by atoms with Gasteiger partial charge in [0.05, 0.1) is 24.7 Å². The molecule has 0 spiro atoms. The summed E-state index contributed by atoms with van der Waals surface area (Å²) in [6, 6.07) is 15.3. The molecule has 4 rings (SSSR count). The minimum atomic E-state index is -0.406. The molecule has 2 aromatic heterocycles. The number of carbonyl (C=O) groups is 1. The predicted octanol–water partition coefficient (Wildman–Crippen LogP) is 5.33. The van der Waals surface area contributed by atoms with Crippen molar-refractivity contribution in [2.75, 3.05) is 7.11 Å². The second-order valence-corrected chi connectivity index (χ2v) is 6.77. The third-order valence-corrected chi connectivity index (χ3v) is 4.96. The van der Waals surface area contributed by atoms with Crippen LogP contribution in [0, 0.1) is 0 Å². The van der Waals surface area contributed by atoms with Gasteiger partial charge in [-0.05, 0) is 29.8 Å². The number of fused-ring (bicyclic) bond motifs is 3. The van der Waals surface area contributed by atoms with Gasteiger partial charge in [-0.3, -0.25) is 0 Å². The fourth-order valence-electron chi connectivity index (χ4n) is 3.13. The SMILES string of the molecule is COC(=O)c1cnc2c(c1)c1ccccc1n2Cc1ccc(Cl)cc1Cl. The van der Waals surface area contributed by atoms with Crippen molar-refractivity contribution in [1.29, 1.82) is 0 Å². The monoisotopic (exact) mass is 384 g/mol. The largest absolute Gasteiger partial charge is 0.465 e. The Morgan fingerprint density at radius 1 is 1.12 bits per heavy atom. The zero-order chi connectivity index (χ0) is 18.3. The third kappa shape index (κ3) is 2.81. The molecule has 0 unspecified atom stereocenters. The van der Waals surface area contributed by atoms with E-state index in [1.807, 2.05) is 42.5 Å². The van der Waals surface area contributed by atoms with Crippen molar-refractivity contribution in [3.8, 4) is 0 Å². The highest BCUT2D eigenvalue weighted by atomic mass is 35.5. The molecule has 6 heteroatoms. The summed E-state index contributed by atoms with van der Waals surface area (Å²) < 4.78 is 6.90. The number of rotatable bonds is 3. The van der Waals surface area contributed by atoms with Crippen molar-refractivity contribution < 1.29 is 9.53 Å². The zero-order valence-electron chi connectivity index (χ0n) is 13.9. The molecule has 0 aliphatic rings. The maximum atomic E-state index is 11.9. The number of hydrogen-bond donors (Lipinski definition) is 0. The van der Waals surface area contributed by atoms with E-state index in [4.69, 9.17) is 27.9 Å². The molecule has 2 aromatic carbocycles. The summed E-state index contributed by atoms with van der Waals surface area (Å²) in [5.41, 5.74) is 3.16. The molecule has 0 radical (unpaired) electrons. The molecule has 0 N–H and O–H groups in total. The van der Waals surface area contributed by atoms with E-state index in [0.717, 1.165) is 27.5 Å². The van der Waals surface area contributed by atoms with Crippen LogP contribution < -0.4 is 0 Å². The average Bonchev–Trinajstić information content (AvgIpc) is 2.96. The molecule has 4 aromatic rings. The molecule has 0 saturated heterocycles. The number of hydrogen-bond acceptors (Lipinski definition) is 3. The van der Waals surface area contributed by atoms with Crippen molar-refractivity contribution in [3.63, 3.8) is 0 Å². The Labute approximate surface area is 159 Å². The Hall–Kier alpha value is -2.56. The Bertz CT molecular complexity index is 1150. The van der Waals surface area contributed by atoms with Gasteiger partial charge >= 0.3 is 5.97 Å². The summed E-state index contributed by atoms with van der Waals surface area (Å²) in [5, 5.41) is 3.12. The number of ether oxygens (including phenoxy) is 1. The zero-order valence-corrected chi connectivity index (χ0v) is 15.4. The molecule has 0 aliphatic heterocycles. The fraction of sp³-hybridized carbons (Fsp3) is 0.100. The number of halogens is 2. The van der Waals surface area contributed by atoms with Crippen molar-refractivity contribution in [3.05, 3.63) is 75.9 Å². The first kappa shape index (κ1) is 16.9. The topological polar surface area (TPSA) is 44.1 Å². The molecular formula is C20H14Cl2N2O2. The van der Waals surface area contributed by atoms with Crippen molar-refractivity contribution in [2.45, 2.75) is 6.54 Å².